The van der Waals surface area contributed by atoms with Crippen molar-refractivity contribution in [2.75, 3.05) is 7.11 Å². The lowest BCUT2D eigenvalue weighted by atomic mass is 9.73. The van der Waals surface area contributed by atoms with Gasteiger partial charge >= 0.3 is 5.97 Å². The number of aliphatic hydroxyl groups excluding tert-OH is 1. The highest BCUT2D eigenvalue weighted by Gasteiger charge is 2.41. The first-order valence-electron chi connectivity index (χ1n) is 11.6. The summed E-state index contributed by atoms with van der Waals surface area (Å²) in [4.78, 5) is 12.8. The lowest BCUT2D eigenvalue weighted by molar-refractivity contribution is -0.155. The molecule has 0 radical (unpaired) electrons. The molecule has 0 saturated carbocycles. The van der Waals surface area contributed by atoms with Crippen molar-refractivity contribution in [2.45, 2.75) is 85.7 Å². The molecule has 1 N–H and O–H groups in total. The van der Waals surface area contributed by atoms with Crippen molar-refractivity contribution >= 4 is 5.97 Å². The summed E-state index contributed by atoms with van der Waals surface area (Å²) in [6.07, 6.45) is -0.108. The summed E-state index contributed by atoms with van der Waals surface area (Å²) in [5.41, 5.74) is 7.63. The first-order valence-corrected chi connectivity index (χ1v) is 11.6. The fourth-order valence-electron chi connectivity index (χ4n) is 4.78. The molecule has 2 atom stereocenters. The second kappa shape index (κ2) is 8.02. The van der Waals surface area contributed by atoms with Crippen molar-refractivity contribution in [3.8, 4) is 11.1 Å². The van der Waals surface area contributed by atoms with E-state index in [4.69, 9.17) is 4.74 Å². The van der Waals surface area contributed by atoms with E-state index in [0.29, 0.717) is 0 Å². The van der Waals surface area contributed by atoms with Gasteiger partial charge in [-0.25, -0.2) is 0 Å². The third-order valence-electron chi connectivity index (χ3n) is 6.76. The number of aliphatic hydroxyl groups is 1. The molecule has 1 aliphatic rings. The van der Waals surface area contributed by atoms with E-state index in [2.05, 4.69) is 71.9 Å². The summed E-state index contributed by atoms with van der Waals surface area (Å²) < 4.78 is 5.12. The maximum atomic E-state index is 12.8. The molecule has 1 aliphatic carbocycles. The summed E-state index contributed by atoms with van der Waals surface area (Å²) in [6, 6.07) is 11.1. The first kappa shape index (κ1) is 24.5. The molecule has 0 fully saturated rings. The molecule has 3 nitrogen and oxygen atoms in total. The van der Waals surface area contributed by atoms with Crippen molar-refractivity contribution in [3.05, 3.63) is 58.1 Å². The zero-order chi connectivity index (χ0) is 24.2. The second-order valence-corrected chi connectivity index (χ2v) is 12.5. The molecule has 0 heterocycles. The standard InChI is InChI=1S/C29H40O3/c1-27(2,3)19-11-12-21-17(14-19)13-18-15-20(28(4,5)6)16-22(23(18)21)25(30)24(26(31)32-10)29(7,8)9/h11-12,14-16,24-25,30H,13H2,1-10H3/t24-,25+/m0/s1. The summed E-state index contributed by atoms with van der Waals surface area (Å²) in [7, 11) is 1.40. The van der Waals surface area contributed by atoms with Crippen LogP contribution in [0.25, 0.3) is 11.1 Å². The van der Waals surface area contributed by atoms with Gasteiger partial charge in [0, 0.05) is 0 Å². The summed E-state index contributed by atoms with van der Waals surface area (Å²) in [6.45, 7) is 19.2. The van der Waals surface area contributed by atoms with Crippen LogP contribution in [0.2, 0.25) is 0 Å². The van der Waals surface area contributed by atoms with E-state index < -0.39 is 17.4 Å². The molecule has 0 aliphatic heterocycles. The number of rotatable bonds is 3. The van der Waals surface area contributed by atoms with Crippen LogP contribution in [0, 0.1) is 11.3 Å². The topological polar surface area (TPSA) is 46.5 Å². The van der Waals surface area contributed by atoms with Crippen molar-refractivity contribution in [1.29, 1.82) is 0 Å². The third-order valence-corrected chi connectivity index (χ3v) is 6.76. The number of carbonyl (C=O) groups is 1. The van der Waals surface area contributed by atoms with Crippen LogP contribution in [-0.2, 0) is 26.8 Å². The molecule has 0 amide bonds. The number of hydrogen-bond acceptors (Lipinski definition) is 3. The van der Waals surface area contributed by atoms with Crippen molar-refractivity contribution in [2.24, 2.45) is 11.3 Å². The molecule has 3 heteroatoms. The van der Waals surface area contributed by atoms with Crippen molar-refractivity contribution < 1.29 is 14.6 Å². The number of benzene rings is 2. The van der Waals surface area contributed by atoms with Crippen LogP contribution >= 0.6 is 0 Å². The van der Waals surface area contributed by atoms with Crippen LogP contribution in [0.4, 0.5) is 0 Å². The van der Waals surface area contributed by atoms with Gasteiger partial charge in [-0.1, -0.05) is 92.6 Å². The van der Waals surface area contributed by atoms with E-state index in [1.807, 2.05) is 20.8 Å². The van der Waals surface area contributed by atoms with Crippen LogP contribution in [0.15, 0.2) is 30.3 Å². The molecule has 32 heavy (non-hydrogen) atoms. The van der Waals surface area contributed by atoms with E-state index in [1.165, 1.54) is 34.9 Å². The minimum atomic E-state index is -0.952. The normalized spacial score (nSPS) is 15.7. The Kier molecular flexibility index (Phi) is 6.14. The summed E-state index contributed by atoms with van der Waals surface area (Å²) >= 11 is 0. The average molecular weight is 437 g/mol. The number of hydrogen-bond donors (Lipinski definition) is 1. The minimum Gasteiger partial charge on any atom is -0.469 e. The Morgan fingerprint density at radius 1 is 0.875 bits per heavy atom. The minimum absolute atomic E-state index is 0.0721. The second-order valence-electron chi connectivity index (χ2n) is 12.5. The average Bonchev–Trinajstić information content (AvgIpc) is 3.02. The fraction of sp³-hybridized carbons (Fsp3) is 0.552. The van der Waals surface area contributed by atoms with Gasteiger partial charge in [-0.2, -0.15) is 0 Å². The van der Waals surface area contributed by atoms with Gasteiger partial charge in [0.25, 0.3) is 0 Å². The highest BCUT2D eigenvalue weighted by Crippen LogP contribution is 2.48. The Bertz CT molecular complexity index is 1030. The Labute approximate surface area is 194 Å². The van der Waals surface area contributed by atoms with Gasteiger partial charge in [-0.05, 0) is 61.6 Å². The van der Waals surface area contributed by atoms with Crippen molar-refractivity contribution in [3.63, 3.8) is 0 Å². The molecule has 2 aromatic carbocycles. The van der Waals surface area contributed by atoms with Gasteiger partial charge in [0.2, 0.25) is 0 Å². The quantitative estimate of drug-likeness (QED) is 0.464. The summed E-state index contributed by atoms with van der Waals surface area (Å²) in [5, 5.41) is 11.7. The van der Waals surface area contributed by atoms with Crippen molar-refractivity contribution in [1.82, 2.24) is 0 Å². The molecule has 2 aromatic rings. The van der Waals surface area contributed by atoms with Crippen LogP contribution in [0.5, 0.6) is 0 Å². The van der Waals surface area contributed by atoms with E-state index in [9.17, 15) is 9.90 Å². The third kappa shape index (κ3) is 4.50. The Balaban J connectivity index is 2.26. The Morgan fingerprint density at radius 2 is 1.44 bits per heavy atom. The van der Waals surface area contributed by atoms with Crippen LogP contribution in [0.3, 0.4) is 0 Å². The molecule has 174 valence electrons. The Hall–Kier alpha value is -2.13. The van der Waals surface area contributed by atoms with Gasteiger partial charge in [0.05, 0.1) is 19.1 Å². The highest BCUT2D eigenvalue weighted by molar-refractivity contribution is 5.82. The number of carbonyl (C=O) groups excluding carboxylic acids is 1. The summed E-state index contributed by atoms with van der Waals surface area (Å²) in [5.74, 6) is -1.04. The monoisotopic (exact) mass is 436 g/mol. The largest absolute Gasteiger partial charge is 0.469 e. The Morgan fingerprint density at radius 3 is 1.94 bits per heavy atom. The number of fused-ring (bicyclic) bond motifs is 3. The smallest absolute Gasteiger partial charge is 0.312 e. The van der Waals surface area contributed by atoms with Crippen LogP contribution < -0.4 is 0 Å². The van der Waals surface area contributed by atoms with Crippen LogP contribution in [-0.4, -0.2) is 18.2 Å². The molecule has 0 bridgehead atoms. The van der Waals surface area contributed by atoms with E-state index in [0.717, 1.165) is 17.5 Å². The molecule has 0 spiro atoms. The first-order chi connectivity index (χ1) is 14.6. The molecular formula is C29H40O3. The highest BCUT2D eigenvalue weighted by atomic mass is 16.5. The maximum absolute atomic E-state index is 12.8. The van der Waals surface area contributed by atoms with Crippen LogP contribution in [0.1, 0.15) is 96.2 Å². The lowest BCUT2D eigenvalue weighted by Crippen LogP contribution is -2.35. The number of esters is 1. The van der Waals surface area contributed by atoms with Gasteiger partial charge in [0.15, 0.2) is 0 Å². The molecular weight excluding hydrogens is 396 g/mol. The van der Waals surface area contributed by atoms with Gasteiger partial charge < -0.3 is 9.84 Å². The zero-order valence-electron chi connectivity index (χ0n) is 21.5. The zero-order valence-corrected chi connectivity index (χ0v) is 21.5. The predicted molar refractivity (Wildman–Crippen MR) is 132 cm³/mol. The lowest BCUT2D eigenvalue weighted by Gasteiger charge is -2.34. The van der Waals surface area contributed by atoms with E-state index in [-0.39, 0.29) is 16.8 Å². The van der Waals surface area contributed by atoms with E-state index >= 15 is 0 Å². The molecule has 3 rings (SSSR count). The molecule has 0 saturated heterocycles. The van der Waals surface area contributed by atoms with E-state index in [1.54, 1.807) is 0 Å². The number of ether oxygens (including phenoxy) is 1. The van der Waals surface area contributed by atoms with Gasteiger partial charge in [-0.15, -0.1) is 0 Å². The maximum Gasteiger partial charge on any atom is 0.312 e. The van der Waals surface area contributed by atoms with Gasteiger partial charge in [-0.3, -0.25) is 4.79 Å². The fourth-order valence-corrected chi connectivity index (χ4v) is 4.78. The molecule has 0 aromatic heterocycles. The SMILES string of the molecule is COC(=O)[C@H]([C@H](O)c1cc(C(C)(C)C)cc2c1-c1ccc(C(C)(C)C)cc1C2)C(C)(C)C. The molecule has 0 unspecified atom stereocenters. The predicted octanol–water partition coefficient (Wildman–Crippen LogP) is 6.72. The van der Waals surface area contributed by atoms with Gasteiger partial charge in [0.1, 0.15) is 0 Å². The number of methoxy groups -OCH3 is 1.